The number of benzene rings is 6. The van der Waals surface area contributed by atoms with Gasteiger partial charge in [0.1, 0.15) is 5.69 Å². The van der Waals surface area contributed by atoms with Crippen molar-refractivity contribution in [2.75, 3.05) is 0 Å². The molecule has 0 aliphatic carbocycles. The Hall–Kier alpha value is -5.78. The SMILES string of the molecule is c1ccc(-c2nccnc2-n2c3ccccc3c3c4c5ccccc5n(-c5cccc6c5sc5ccccc56)c4ccc32)cc1. The highest BCUT2D eigenvalue weighted by molar-refractivity contribution is 7.26. The van der Waals surface area contributed by atoms with Gasteiger partial charge in [-0.25, -0.2) is 4.98 Å². The molecule has 4 aromatic heterocycles. The number of hydrogen-bond donors (Lipinski definition) is 0. The van der Waals surface area contributed by atoms with Gasteiger partial charge in [-0.1, -0.05) is 97.1 Å². The Morgan fingerprint density at radius 3 is 1.82 bits per heavy atom. The predicted octanol–water partition coefficient (Wildman–Crippen LogP) is 10.7. The Morgan fingerprint density at radius 2 is 1.04 bits per heavy atom. The van der Waals surface area contributed by atoms with Crippen molar-refractivity contribution < 1.29 is 0 Å². The number of aromatic nitrogens is 4. The van der Waals surface area contributed by atoms with E-state index in [1.807, 2.05) is 17.4 Å². The lowest BCUT2D eigenvalue weighted by molar-refractivity contribution is 1.05. The van der Waals surface area contributed by atoms with Crippen molar-refractivity contribution in [2.24, 2.45) is 0 Å². The van der Waals surface area contributed by atoms with Crippen molar-refractivity contribution in [1.29, 1.82) is 0 Å². The summed E-state index contributed by atoms with van der Waals surface area (Å²) in [5, 5.41) is 7.52. The predicted molar refractivity (Wildman–Crippen MR) is 189 cm³/mol. The van der Waals surface area contributed by atoms with Crippen LogP contribution < -0.4 is 0 Å². The minimum atomic E-state index is 0.827. The first-order chi connectivity index (χ1) is 22.4. The van der Waals surface area contributed by atoms with Crippen LogP contribution in [0.15, 0.2) is 146 Å². The quantitative estimate of drug-likeness (QED) is 0.205. The third kappa shape index (κ3) is 3.41. The van der Waals surface area contributed by atoms with Crippen LogP contribution in [0.5, 0.6) is 0 Å². The lowest BCUT2D eigenvalue weighted by atomic mass is 10.1. The van der Waals surface area contributed by atoms with Gasteiger partial charge >= 0.3 is 0 Å². The average Bonchev–Trinajstić information content (AvgIpc) is 3.76. The highest BCUT2D eigenvalue weighted by Gasteiger charge is 2.23. The van der Waals surface area contributed by atoms with E-state index >= 15 is 0 Å². The van der Waals surface area contributed by atoms with Crippen LogP contribution in [0.3, 0.4) is 0 Å². The van der Waals surface area contributed by atoms with Crippen molar-refractivity contribution >= 4 is 75.1 Å². The third-order valence-electron chi connectivity index (χ3n) is 9.03. The van der Waals surface area contributed by atoms with Crippen LogP contribution in [0, 0.1) is 0 Å². The summed E-state index contributed by atoms with van der Waals surface area (Å²) in [7, 11) is 0. The van der Waals surface area contributed by atoms with Gasteiger partial charge in [0.15, 0.2) is 5.82 Å². The fourth-order valence-corrected chi connectivity index (χ4v) is 8.41. The van der Waals surface area contributed by atoms with E-state index in [4.69, 9.17) is 9.97 Å². The van der Waals surface area contributed by atoms with Gasteiger partial charge in [0.2, 0.25) is 0 Å². The van der Waals surface area contributed by atoms with Gasteiger partial charge in [-0.3, -0.25) is 9.55 Å². The minimum absolute atomic E-state index is 0.827. The molecule has 210 valence electrons. The molecule has 0 spiro atoms. The largest absolute Gasteiger partial charge is 0.308 e. The number of thiophene rings is 1. The molecular formula is C40H24N4S. The van der Waals surface area contributed by atoms with Crippen LogP contribution in [0.25, 0.3) is 86.5 Å². The topological polar surface area (TPSA) is 35.6 Å². The highest BCUT2D eigenvalue weighted by atomic mass is 32.1. The number of nitrogens with zero attached hydrogens (tertiary/aromatic N) is 4. The van der Waals surface area contributed by atoms with Gasteiger partial charge < -0.3 is 4.57 Å². The van der Waals surface area contributed by atoms with E-state index in [2.05, 4.69) is 137 Å². The fourth-order valence-electron chi connectivity index (χ4n) is 7.21. The maximum atomic E-state index is 4.94. The molecule has 0 amide bonds. The molecule has 4 heterocycles. The minimum Gasteiger partial charge on any atom is -0.308 e. The first kappa shape index (κ1) is 24.6. The number of rotatable bonds is 3. The van der Waals surface area contributed by atoms with E-state index in [1.165, 1.54) is 58.4 Å². The van der Waals surface area contributed by atoms with Crippen molar-refractivity contribution in [3.05, 3.63) is 146 Å². The zero-order valence-corrected chi connectivity index (χ0v) is 24.9. The molecule has 0 N–H and O–H groups in total. The number of hydrogen-bond acceptors (Lipinski definition) is 3. The summed E-state index contributed by atoms with van der Waals surface area (Å²) in [6, 6.07) is 47.8. The normalized spacial score (nSPS) is 12.0. The monoisotopic (exact) mass is 592 g/mol. The molecule has 0 saturated carbocycles. The second-order valence-corrected chi connectivity index (χ2v) is 12.5. The van der Waals surface area contributed by atoms with E-state index in [-0.39, 0.29) is 0 Å². The van der Waals surface area contributed by atoms with Gasteiger partial charge in [-0.05, 0) is 36.4 Å². The lowest BCUT2D eigenvalue weighted by Gasteiger charge is -2.12. The Labute approximate surface area is 262 Å². The maximum Gasteiger partial charge on any atom is 0.164 e. The van der Waals surface area contributed by atoms with Crippen LogP contribution in [-0.4, -0.2) is 19.1 Å². The van der Waals surface area contributed by atoms with Crippen LogP contribution in [0.1, 0.15) is 0 Å². The lowest BCUT2D eigenvalue weighted by Crippen LogP contribution is -2.02. The van der Waals surface area contributed by atoms with E-state index in [0.29, 0.717) is 0 Å². The molecule has 4 nitrogen and oxygen atoms in total. The van der Waals surface area contributed by atoms with Crippen molar-refractivity contribution in [2.45, 2.75) is 0 Å². The number of fused-ring (bicyclic) bond motifs is 10. The molecule has 0 aliphatic rings. The molecule has 5 heteroatoms. The summed E-state index contributed by atoms with van der Waals surface area (Å²) >= 11 is 1.87. The third-order valence-corrected chi connectivity index (χ3v) is 10.2. The zero-order valence-electron chi connectivity index (χ0n) is 24.1. The molecule has 6 aromatic carbocycles. The smallest absolute Gasteiger partial charge is 0.164 e. The van der Waals surface area contributed by atoms with Crippen LogP contribution in [0.2, 0.25) is 0 Å². The van der Waals surface area contributed by atoms with Crippen LogP contribution >= 0.6 is 11.3 Å². The fraction of sp³-hybridized carbons (Fsp3) is 0. The molecule has 45 heavy (non-hydrogen) atoms. The van der Waals surface area contributed by atoms with E-state index in [0.717, 1.165) is 28.1 Å². The van der Waals surface area contributed by atoms with Crippen molar-refractivity contribution in [3.8, 4) is 22.8 Å². The molecule has 0 unspecified atom stereocenters. The van der Waals surface area contributed by atoms with E-state index in [1.54, 1.807) is 12.4 Å². The molecule has 0 radical (unpaired) electrons. The maximum absolute atomic E-state index is 4.94. The summed E-state index contributed by atoms with van der Waals surface area (Å²) in [6.07, 6.45) is 3.57. The Bertz CT molecular complexity index is 2770. The molecule has 0 bridgehead atoms. The second kappa shape index (κ2) is 9.36. The summed E-state index contributed by atoms with van der Waals surface area (Å²) in [6.45, 7) is 0. The van der Waals surface area contributed by atoms with Crippen LogP contribution in [-0.2, 0) is 0 Å². The molecule has 0 atom stereocenters. The zero-order chi connectivity index (χ0) is 29.5. The molecule has 0 aliphatic heterocycles. The summed E-state index contributed by atoms with van der Waals surface area (Å²) < 4.78 is 7.37. The van der Waals surface area contributed by atoms with Crippen molar-refractivity contribution in [3.63, 3.8) is 0 Å². The van der Waals surface area contributed by atoms with Gasteiger partial charge in [0, 0.05) is 55.0 Å². The summed E-state index contributed by atoms with van der Waals surface area (Å²) in [4.78, 5) is 9.78. The Balaban J connectivity index is 1.36. The molecule has 10 rings (SSSR count). The Morgan fingerprint density at radius 1 is 0.444 bits per heavy atom. The van der Waals surface area contributed by atoms with Crippen molar-refractivity contribution in [1.82, 2.24) is 19.1 Å². The summed E-state index contributed by atoms with van der Waals surface area (Å²) in [5.74, 6) is 0.827. The van der Waals surface area contributed by atoms with E-state index < -0.39 is 0 Å². The van der Waals surface area contributed by atoms with Gasteiger partial charge in [0.05, 0.1) is 32.5 Å². The summed E-state index contributed by atoms with van der Waals surface area (Å²) in [5.41, 5.74) is 7.74. The van der Waals surface area contributed by atoms with Gasteiger partial charge in [0.25, 0.3) is 0 Å². The molecular weight excluding hydrogens is 569 g/mol. The first-order valence-corrected chi connectivity index (χ1v) is 15.9. The molecule has 0 fully saturated rings. The van der Waals surface area contributed by atoms with Crippen LogP contribution in [0.4, 0.5) is 0 Å². The first-order valence-electron chi connectivity index (χ1n) is 15.1. The highest BCUT2D eigenvalue weighted by Crippen LogP contribution is 2.45. The van der Waals surface area contributed by atoms with Gasteiger partial charge in [-0.2, -0.15) is 0 Å². The standard InChI is InChI=1S/C40H24N4S/c1-2-11-25(12-3-1)38-40(42-24-23-41-38)44-31-18-8-5-15-29(31)37-33(44)22-21-32-36(37)28-14-4-7-17-30(28)43(32)34-19-10-16-27-26-13-6-9-20-35(26)45-39(27)34/h1-24H. The molecule has 10 aromatic rings. The van der Waals surface area contributed by atoms with Gasteiger partial charge in [-0.15, -0.1) is 11.3 Å². The van der Waals surface area contributed by atoms with E-state index in [9.17, 15) is 0 Å². The Kier molecular flexibility index (Phi) is 5.12. The number of para-hydroxylation sites is 2. The molecule has 0 saturated heterocycles. The second-order valence-electron chi connectivity index (χ2n) is 11.4. The average molecular weight is 593 g/mol.